The van der Waals surface area contributed by atoms with Crippen LogP contribution >= 0.6 is 0 Å². The highest BCUT2D eigenvalue weighted by Crippen LogP contribution is 2.26. The van der Waals surface area contributed by atoms with Gasteiger partial charge in [-0.05, 0) is 25.8 Å². The molecule has 2 aromatic rings. The molecule has 1 unspecified atom stereocenters. The van der Waals surface area contributed by atoms with Crippen LogP contribution < -0.4 is 0 Å². The molecular formula is C15H21N5O3. The number of amides is 1. The Morgan fingerprint density at radius 1 is 1.52 bits per heavy atom. The quantitative estimate of drug-likeness (QED) is 0.827. The minimum absolute atomic E-state index is 0.00673. The summed E-state index contributed by atoms with van der Waals surface area (Å²) >= 11 is 0. The summed E-state index contributed by atoms with van der Waals surface area (Å²) in [6.45, 7) is 4.18. The van der Waals surface area contributed by atoms with E-state index in [1.807, 2.05) is 11.8 Å². The van der Waals surface area contributed by atoms with Gasteiger partial charge in [0.15, 0.2) is 5.82 Å². The van der Waals surface area contributed by atoms with Crippen LogP contribution in [0.3, 0.4) is 0 Å². The number of aryl methyl sites for hydroxylation is 1. The van der Waals surface area contributed by atoms with Gasteiger partial charge in [-0.2, -0.15) is 10.1 Å². The van der Waals surface area contributed by atoms with E-state index in [2.05, 4.69) is 15.2 Å². The van der Waals surface area contributed by atoms with Crippen LogP contribution in [0.1, 0.15) is 47.9 Å². The summed E-state index contributed by atoms with van der Waals surface area (Å²) in [5.74, 6) is 1.23. The van der Waals surface area contributed by atoms with Crippen LogP contribution in [0.2, 0.25) is 0 Å². The Kier molecular flexibility index (Phi) is 4.71. The normalized spacial score (nSPS) is 18.3. The van der Waals surface area contributed by atoms with Crippen LogP contribution in [-0.2, 0) is 18.4 Å². The Morgan fingerprint density at radius 3 is 3.13 bits per heavy atom. The van der Waals surface area contributed by atoms with Gasteiger partial charge in [0.05, 0.1) is 0 Å². The van der Waals surface area contributed by atoms with Gasteiger partial charge in [0.1, 0.15) is 12.3 Å². The highest BCUT2D eigenvalue weighted by atomic mass is 16.5. The summed E-state index contributed by atoms with van der Waals surface area (Å²) in [6, 6.07) is 1.74. The van der Waals surface area contributed by atoms with Crippen molar-refractivity contribution in [3.63, 3.8) is 0 Å². The van der Waals surface area contributed by atoms with Crippen LogP contribution in [0.4, 0.5) is 0 Å². The zero-order valence-electron chi connectivity index (χ0n) is 13.4. The van der Waals surface area contributed by atoms with E-state index in [0.29, 0.717) is 37.2 Å². The standard InChI is InChI=1S/C15H21N5O3/c1-3-22-10-13-17-14(18-23-13)11-5-4-8-20(9-11)15(21)12-6-7-16-19(12)2/h6-7,11H,3-5,8-10H2,1-2H3. The molecule has 0 N–H and O–H groups in total. The topological polar surface area (TPSA) is 86.3 Å². The molecule has 124 valence electrons. The lowest BCUT2D eigenvalue weighted by Crippen LogP contribution is -2.40. The molecule has 0 bridgehead atoms. The van der Waals surface area contributed by atoms with E-state index in [1.165, 1.54) is 0 Å². The molecular weight excluding hydrogens is 298 g/mol. The Labute approximate surface area is 134 Å². The molecule has 1 aliphatic rings. The molecule has 8 nitrogen and oxygen atoms in total. The first kappa shape index (κ1) is 15.7. The number of carbonyl (C=O) groups excluding carboxylic acids is 1. The van der Waals surface area contributed by atoms with Gasteiger partial charge >= 0.3 is 0 Å². The first-order valence-electron chi connectivity index (χ1n) is 7.86. The average molecular weight is 319 g/mol. The third-order valence-corrected chi connectivity index (χ3v) is 4.03. The van der Waals surface area contributed by atoms with Crippen molar-refractivity contribution >= 4 is 5.91 Å². The number of hydrogen-bond donors (Lipinski definition) is 0. The smallest absolute Gasteiger partial charge is 0.272 e. The highest BCUT2D eigenvalue weighted by Gasteiger charge is 2.29. The molecule has 23 heavy (non-hydrogen) atoms. The van der Waals surface area contributed by atoms with E-state index in [0.717, 1.165) is 19.4 Å². The molecule has 0 spiro atoms. The van der Waals surface area contributed by atoms with Crippen LogP contribution in [0.15, 0.2) is 16.8 Å². The summed E-state index contributed by atoms with van der Waals surface area (Å²) in [4.78, 5) is 18.8. The van der Waals surface area contributed by atoms with Gasteiger partial charge in [-0.25, -0.2) is 0 Å². The molecule has 2 aromatic heterocycles. The Bertz CT molecular complexity index is 666. The van der Waals surface area contributed by atoms with Gasteiger partial charge in [0, 0.05) is 38.9 Å². The Hall–Kier alpha value is -2.22. The lowest BCUT2D eigenvalue weighted by molar-refractivity contribution is 0.0692. The van der Waals surface area contributed by atoms with E-state index in [9.17, 15) is 4.79 Å². The maximum absolute atomic E-state index is 12.6. The molecule has 0 radical (unpaired) electrons. The average Bonchev–Trinajstić information content (AvgIpc) is 3.21. The monoisotopic (exact) mass is 319 g/mol. The second-order valence-corrected chi connectivity index (χ2v) is 5.61. The fraction of sp³-hybridized carbons (Fsp3) is 0.600. The third-order valence-electron chi connectivity index (χ3n) is 4.03. The number of carbonyl (C=O) groups is 1. The van der Waals surface area contributed by atoms with Crippen molar-refractivity contribution < 1.29 is 14.1 Å². The van der Waals surface area contributed by atoms with Crippen LogP contribution in [0, 0.1) is 0 Å². The molecule has 3 rings (SSSR count). The van der Waals surface area contributed by atoms with Crippen LogP contribution in [-0.4, -0.2) is 50.4 Å². The molecule has 1 saturated heterocycles. The van der Waals surface area contributed by atoms with Crippen molar-refractivity contribution in [2.75, 3.05) is 19.7 Å². The van der Waals surface area contributed by atoms with Gasteiger partial charge in [0.2, 0.25) is 0 Å². The molecule has 8 heteroatoms. The lowest BCUT2D eigenvalue weighted by atomic mass is 9.97. The summed E-state index contributed by atoms with van der Waals surface area (Å²) < 4.78 is 12.1. The first-order valence-corrected chi connectivity index (χ1v) is 7.86. The van der Waals surface area contributed by atoms with Gasteiger partial charge in [-0.15, -0.1) is 0 Å². The number of hydrogen-bond acceptors (Lipinski definition) is 6. The number of piperidine rings is 1. The van der Waals surface area contributed by atoms with E-state index in [1.54, 1.807) is 24.0 Å². The maximum atomic E-state index is 12.6. The third kappa shape index (κ3) is 3.42. The van der Waals surface area contributed by atoms with Crippen molar-refractivity contribution in [2.24, 2.45) is 7.05 Å². The number of rotatable bonds is 5. The molecule has 1 fully saturated rings. The highest BCUT2D eigenvalue weighted by molar-refractivity contribution is 5.92. The molecule has 0 saturated carbocycles. The van der Waals surface area contributed by atoms with E-state index in [4.69, 9.17) is 9.26 Å². The predicted molar refractivity (Wildman–Crippen MR) is 80.7 cm³/mol. The van der Waals surface area contributed by atoms with E-state index < -0.39 is 0 Å². The number of aromatic nitrogens is 4. The minimum atomic E-state index is -0.00673. The molecule has 1 atom stereocenters. The number of ether oxygens (including phenoxy) is 1. The van der Waals surface area contributed by atoms with Gasteiger partial charge in [-0.1, -0.05) is 5.16 Å². The van der Waals surface area contributed by atoms with Gasteiger partial charge in [0.25, 0.3) is 11.8 Å². The zero-order valence-corrected chi connectivity index (χ0v) is 13.4. The number of nitrogens with zero attached hydrogens (tertiary/aromatic N) is 5. The van der Waals surface area contributed by atoms with Crippen molar-refractivity contribution in [3.8, 4) is 0 Å². The van der Waals surface area contributed by atoms with Crippen molar-refractivity contribution in [2.45, 2.75) is 32.3 Å². The summed E-state index contributed by atoms with van der Waals surface area (Å²) in [6.07, 6.45) is 3.50. The van der Waals surface area contributed by atoms with E-state index >= 15 is 0 Å². The van der Waals surface area contributed by atoms with Crippen molar-refractivity contribution in [3.05, 3.63) is 29.7 Å². The largest absolute Gasteiger partial charge is 0.372 e. The first-order chi connectivity index (χ1) is 11.2. The molecule has 0 aliphatic carbocycles. The zero-order chi connectivity index (χ0) is 16.2. The second kappa shape index (κ2) is 6.91. The Morgan fingerprint density at radius 2 is 2.39 bits per heavy atom. The van der Waals surface area contributed by atoms with Gasteiger partial charge in [-0.3, -0.25) is 9.48 Å². The Balaban J connectivity index is 1.67. The lowest BCUT2D eigenvalue weighted by Gasteiger charge is -2.31. The molecule has 3 heterocycles. The molecule has 1 aliphatic heterocycles. The second-order valence-electron chi connectivity index (χ2n) is 5.61. The number of likely N-dealkylation sites (tertiary alicyclic amines) is 1. The van der Waals surface area contributed by atoms with Crippen molar-refractivity contribution in [1.82, 2.24) is 24.8 Å². The van der Waals surface area contributed by atoms with Crippen molar-refractivity contribution in [1.29, 1.82) is 0 Å². The molecule has 1 amide bonds. The summed E-state index contributed by atoms with van der Waals surface area (Å²) in [5, 5.41) is 8.10. The summed E-state index contributed by atoms with van der Waals surface area (Å²) in [5.41, 5.74) is 0.593. The summed E-state index contributed by atoms with van der Waals surface area (Å²) in [7, 11) is 1.77. The van der Waals surface area contributed by atoms with Crippen LogP contribution in [0.5, 0.6) is 0 Å². The maximum Gasteiger partial charge on any atom is 0.272 e. The van der Waals surface area contributed by atoms with Crippen LogP contribution in [0.25, 0.3) is 0 Å². The van der Waals surface area contributed by atoms with E-state index in [-0.39, 0.29) is 11.8 Å². The fourth-order valence-corrected chi connectivity index (χ4v) is 2.80. The SMILES string of the molecule is CCOCc1nc(C2CCCN(C(=O)c3ccnn3C)C2)no1. The van der Waals surface area contributed by atoms with Gasteiger partial charge < -0.3 is 14.2 Å². The minimum Gasteiger partial charge on any atom is -0.372 e. The predicted octanol–water partition coefficient (Wildman–Crippen LogP) is 1.36. The fourth-order valence-electron chi connectivity index (χ4n) is 2.80. The molecule has 0 aromatic carbocycles.